The van der Waals surface area contributed by atoms with Crippen molar-refractivity contribution in [2.45, 2.75) is 19.3 Å². The summed E-state index contributed by atoms with van der Waals surface area (Å²) in [6.45, 7) is 4.46. The molecule has 4 rings (SSSR count). The number of rotatable bonds is 4. The van der Waals surface area contributed by atoms with Crippen LogP contribution in [0.15, 0.2) is 47.1 Å². The fraction of sp³-hybridized carbons (Fsp3) is 0.429. The van der Waals surface area contributed by atoms with Gasteiger partial charge >= 0.3 is 0 Å². The Hall–Kier alpha value is -2.76. The molecule has 142 valence electrons. The first kappa shape index (κ1) is 17.6. The third kappa shape index (κ3) is 3.99. The fourth-order valence-corrected chi connectivity index (χ4v) is 3.80. The van der Waals surface area contributed by atoms with Crippen molar-refractivity contribution in [3.05, 3.63) is 54.0 Å². The zero-order valence-corrected chi connectivity index (χ0v) is 15.5. The quantitative estimate of drug-likeness (QED) is 0.833. The number of carbonyl (C=O) groups excluding carboxylic acids is 2. The van der Waals surface area contributed by atoms with Crippen molar-refractivity contribution in [1.29, 1.82) is 0 Å². The third-order valence-corrected chi connectivity index (χ3v) is 5.41. The monoisotopic (exact) mass is 367 g/mol. The highest BCUT2D eigenvalue weighted by Crippen LogP contribution is 2.21. The van der Waals surface area contributed by atoms with Gasteiger partial charge in [-0.05, 0) is 42.7 Å². The molecule has 0 saturated carbocycles. The number of anilines is 1. The van der Waals surface area contributed by atoms with Crippen LogP contribution in [0.4, 0.5) is 5.69 Å². The van der Waals surface area contributed by atoms with E-state index in [1.165, 1.54) is 24.8 Å². The largest absolute Gasteiger partial charge is 0.459 e. The number of hydrogen-bond acceptors (Lipinski definition) is 4. The Balaban J connectivity index is 1.28. The molecule has 0 bridgehead atoms. The summed E-state index contributed by atoms with van der Waals surface area (Å²) < 4.78 is 5.17. The molecule has 0 radical (unpaired) electrons. The maximum Gasteiger partial charge on any atom is 0.289 e. The number of piperazine rings is 1. The maximum atomic E-state index is 12.6. The van der Waals surface area contributed by atoms with Gasteiger partial charge in [0.25, 0.3) is 5.91 Å². The van der Waals surface area contributed by atoms with Gasteiger partial charge in [-0.25, -0.2) is 0 Å². The van der Waals surface area contributed by atoms with Gasteiger partial charge in [-0.1, -0.05) is 12.1 Å². The van der Waals surface area contributed by atoms with Crippen LogP contribution >= 0.6 is 0 Å². The molecule has 2 amide bonds. The van der Waals surface area contributed by atoms with Crippen molar-refractivity contribution in [3.63, 3.8) is 0 Å². The Morgan fingerprint density at radius 2 is 1.52 bits per heavy atom. The second-order valence-electron chi connectivity index (χ2n) is 7.19. The summed E-state index contributed by atoms with van der Waals surface area (Å²) in [5.74, 6) is 0.367. The summed E-state index contributed by atoms with van der Waals surface area (Å²) in [5, 5.41) is 0. The van der Waals surface area contributed by atoms with Gasteiger partial charge in [0, 0.05) is 45.0 Å². The molecular formula is C21H25N3O3. The molecule has 2 aliphatic heterocycles. The highest BCUT2D eigenvalue weighted by molar-refractivity contribution is 5.91. The molecule has 2 aliphatic rings. The summed E-state index contributed by atoms with van der Waals surface area (Å²) in [7, 11) is 0. The van der Waals surface area contributed by atoms with Crippen molar-refractivity contribution >= 4 is 17.5 Å². The van der Waals surface area contributed by atoms with E-state index in [0.29, 0.717) is 38.4 Å². The van der Waals surface area contributed by atoms with E-state index in [4.69, 9.17) is 4.42 Å². The lowest BCUT2D eigenvalue weighted by atomic mass is 10.1. The molecular weight excluding hydrogens is 342 g/mol. The van der Waals surface area contributed by atoms with Crippen molar-refractivity contribution in [2.24, 2.45) is 0 Å². The zero-order valence-electron chi connectivity index (χ0n) is 15.5. The van der Waals surface area contributed by atoms with Crippen LogP contribution in [0.1, 0.15) is 29.0 Å². The Morgan fingerprint density at radius 3 is 2.15 bits per heavy atom. The predicted molar refractivity (Wildman–Crippen MR) is 103 cm³/mol. The highest BCUT2D eigenvalue weighted by Gasteiger charge is 2.26. The molecule has 6 nitrogen and oxygen atoms in total. The molecule has 2 aromatic rings. The highest BCUT2D eigenvalue weighted by atomic mass is 16.3. The molecule has 0 unspecified atom stereocenters. The van der Waals surface area contributed by atoms with Crippen molar-refractivity contribution in [2.75, 3.05) is 44.2 Å². The first-order chi connectivity index (χ1) is 13.2. The summed E-state index contributed by atoms with van der Waals surface area (Å²) in [6, 6.07) is 11.7. The summed E-state index contributed by atoms with van der Waals surface area (Å²) in [6.07, 6.45) is 4.43. The lowest BCUT2D eigenvalue weighted by molar-refractivity contribution is -0.131. The molecule has 0 aliphatic carbocycles. The predicted octanol–water partition coefficient (Wildman–Crippen LogP) is 2.41. The number of hydrogen-bond donors (Lipinski definition) is 0. The van der Waals surface area contributed by atoms with Crippen molar-refractivity contribution in [3.8, 4) is 0 Å². The van der Waals surface area contributed by atoms with Crippen LogP contribution in [-0.2, 0) is 11.2 Å². The SMILES string of the molecule is O=C(Cc1ccc(N2CCCC2)cc1)N1CCN(C(=O)c2ccco2)CC1. The molecule has 6 heteroatoms. The number of benzene rings is 1. The normalized spacial score (nSPS) is 17.4. The number of furan rings is 1. The van der Waals surface area contributed by atoms with Crippen LogP contribution in [-0.4, -0.2) is 60.9 Å². The topological polar surface area (TPSA) is 57.0 Å². The third-order valence-electron chi connectivity index (χ3n) is 5.41. The average Bonchev–Trinajstić information content (AvgIpc) is 3.42. The minimum Gasteiger partial charge on any atom is -0.459 e. The van der Waals surface area contributed by atoms with Crippen molar-refractivity contribution in [1.82, 2.24) is 9.80 Å². The lowest BCUT2D eigenvalue weighted by Gasteiger charge is -2.34. The Labute approximate surface area is 159 Å². The van der Waals surface area contributed by atoms with Crippen LogP contribution in [0, 0.1) is 0 Å². The number of carbonyl (C=O) groups is 2. The van der Waals surface area contributed by atoms with Gasteiger partial charge in [0.2, 0.25) is 5.91 Å². The van der Waals surface area contributed by atoms with Gasteiger partial charge in [0.05, 0.1) is 12.7 Å². The van der Waals surface area contributed by atoms with Crippen LogP contribution in [0.3, 0.4) is 0 Å². The number of amides is 2. The summed E-state index contributed by atoms with van der Waals surface area (Å²) >= 11 is 0. The first-order valence-corrected chi connectivity index (χ1v) is 9.65. The minimum atomic E-state index is -0.107. The van der Waals surface area contributed by atoms with Crippen LogP contribution < -0.4 is 4.90 Å². The Morgan fingerprint density at radius 1 is 0.852 bits per heavy atom. The molecule has 2 fully saturated rings. The van der Waals surface area contributed by atoms with E-state index in [1.54, 1.807) is 17.0 Å². The standard InChI is InChI=1S/C21H25N3O3/c25-20(16-17-5-7-18(8-6-17)22-9-1-2-10-22)23-11-13-24(14-12-23)21(26)19-4-3-15-27-19/h3-8,15H,1-2,9-14,16H2. The summed E-state index contributed by atoms with van der Waals surface area (Å²) in [5.41, 5.74) is 2.28. The zero-order chi connectivity index (χ0) is 18.6. The van der Waals surface area contributed by atoms with E-state index in [-0.39, 0.29) is 11.8 Å². The molecule has 0 N–H and O–H groups in total. The lowest BCUT2D eigenvalue weighted by Crippen LogP contribution is -2.50. The molecule has 0 atom stereocenters. The van der Waals surface area contributed by atoms with Crippen LogP contribution in [0.25, 0.3) is 0 Å². The Kier molecular flexibility index (Phi) is 5.14. The molecule has 3 heterocycles. The molecule has 27 heavy (non-hydrogen) atoms. The number of nitrogens with zero attached hydrogens (tertiary/aromatic N) is 3. The van der Waals surface area contributed by atoms with E-state index in [1.807, 2.05) is 4.90 Å². The first-order valence-electron chi connectivity index (χ1n) is 9.65. The smallest absolute Gasteiger partial charge is 0.289 e. The van der Waals surface area contributed by atoms with Gasteiger partial charge < -0.3 is 19.1 Å². The molecule has 2 saturated heterocycles. The van der Waals surface area contributed by atoms with Crippen molar-refractivity contribution < 1.29 is 14.0 Å². The maximum absolute atomic E-state index is 12.6. The van der Waals surface area contributed by atoms with E-state index >= 15 is 0 Å². The van der Waals surface area contributed by atoms with E-state index in [0.717, 1.165) is 18.7 Å². The van der Waals surface area contributed by atoms with Gasteiger partial charge in [0.1, 0.15) is 0 Å². The second kappa shape index (κ2) is 7.86. The average molecular weight is 367 g/mol. The fourth-order valence-electron chi connectivity index (χ4n) is 3.80. The van der Waals surface area contributed by atoms with Gasteiger partial charge in [-0.15, -0.1) is 0 Å². The van der Waals surface area contributed by atoms with E-state index in [9.17, 15) is 9.59 Å². The van der Waals surface area contributed by atoms with E-state index < -0.39 is 0 Å². The van der Waals surface area contributed by atoms with Gasteiger partial charge in [-0.3, -0.25) is 9.59 Å². The molecule has 1 aromatic heterocycles. The van der Waals surface area contributed by atoms with Gasteiger partial charge in [-0.2, -0.15) is 0 Å². The minimum absolute atomic E-state index is 0.107. The molecule has 1 aromatic carbocycles. The van der Waals surface area contributed by atoms with Gasteiger partial charge in [0.15, 0.2) is 5.76 Å². The van der Waals surface area contributed by atoms with E-state index in [2.05, 4.69) is 29.2 Å². The second-order valence-corrected chi connectivity index (χ2v) is 7.19. The summed E-state index contributed by atoms with van der Waals surface area (Å²) in [4.78, 5) is 30.9. The molecule has 0 spiro atoms. The Bertz CT molecular complexity index is 772. The van der Waals surface area contributed by atoms with Crippen LogP contribution in [0.5, 0.6) is 0 Å². The van der Waals surface area contributed by atoms with Crippen LogP contribution in [0.2, 0.25) is 0 Å².